The highest BCUT2D eigenvalue weighted by atomic mass is 127. The smallest absolute Gasteiger partial charge is 0.191 e. The number of aryl methyl sites for hydroxylation is 1. The van der Waals surface area contributed by atoms with Crippen LogP contribution in [0.1, 0.15) is 10.6 Å². The quantitative estimate of drug-likeness (QED) is 0.417. The second-order valence-electron chi connectivity index (χ2n) is 5.41. The van der Waals surface area contributed by atoms with E-state index < -0.39 is 0 Å². The van der Waals surface area contributed by atoms with Crippen LogP contribution in [0.2, 0.25) is 5.02 Å². The molecule has 0 unspecified atom stereocenters. The van der Waals surface area contributed by atoms with Crippen molar-refractivity contribution in [3.8, 4) is 0 Å². The van der Waals surface area contributed by atoms with Crippen molar-refractivity contribution in [2.24, 2.45) is 10.7 Å². The number of guanidine groups is 1. The summed E-state index contributed by atoms with van der Waals surface area (Å²) in [6.45, 7) is 6.04. The molecule has 2 heterocycles. The van der Waals surface area contributed by atoms with E-state index in [1.54, 1.807) is 0 Å². The van der Waals surface area contributed by atoms with E-state index in [2.05, 4.69) is 36.5 Å². The normalized spacial score (nSPS) is 15.3. The highest BCUT2D eigenvalue weighted by molar-refractivity contribution is 14.0. The molecule has 0 atom stereocenters. The summed E-state index contributed by atoms with van der Waals surface area (Å²) in [4.78, 5) is 9.99. The summed E-state index contributed by atoms with van der Waals surface area (Å²) in [5.74, 6) is 0.591. The Labute approximate surface area is 167 Å². The van der Waals surface area contributed by atoms with E-state index in [-0.39, 0.29) is 24.0 Å². The molecule has 2 N–H and O–H groups in total. The predicted molar refractivity (Wildman–Crippen MR) is 111 cm³/mol. The minimum absolute atomic E-state index is 0. The maximum atomic E-state index is 6.12. The van der Waals surface area contributed by atoms with E-state index in [9.17, 15) is 0 Å². The number of halogens is 2. The van der Waals surface area contributed by atoms with E-state index in [4.69, 9.17) is 17.3 Å². The zero-order valence-electron chi connectivity index (χ0n) is 13.4. The lowest BCUT2D eigenvalue weighted by Crippen LogP contribution is -2.51. The Morgan fingerprint density at radius 1 is 1.25 bits per heavy atom. The van der Waals surface area contributed by atoms with E-state index in [1.165, 1.54) is 17.2 Å². The summed E-state index contributed by atoms with van der Waals surface area (Å²) in [5.41, 5.74) is 8.24. The zero-order chi connectivity index (χ0) is 16.2. The van der Waals surface area contributed by atoms with Crippen LogP contribution in [-0.4, -0.2) is 46.6 Å². The van der Waals surface area contributed by atoms with Gasteiger partial charge in [-0.05, 0) is 42.7 Å². The number of anilines is 1. The number of rotatable bonds is 3. The van der Waals surface area contributed by atoms with Crippen LogP contribution in [0.3, 0.4) is 0 Å². The lowest BCUT2D eigenvalue weighted by molar-refractivity contribution is 0.381. The van der Waals surface area contributed by atoms with Crippen LogP contribution in [0.15, 0.2) is 29.3 Å². The van der Waals surface area contributed by atoms with Gasteiger partial charge in [0.05, 0.1) is 17.1 Å². The maximum absolute atomic E-state index is 6.12. The molecule has 130 valence electrons. The molecule has 0 amide bonds. The average molecular weight is 479 g/mol. The van der Waals surface area contributed by atoms with Gasteiger partial charge in [0.15, 0.2) is 5.96 Å². The fraction of sp³-hybridized carbons (Fsp3) is 0.400. The van der Waals surface area contributed by atoms with Crippen LogP contribution in [-0.2, 0) is 6.54 Å². The van der Waals surface area contributed by atoms with Crippen molar-refractivity contribution in [1.82, 2.24) is 14.5 Å². The molecule has 0 saturated carbocycles. The Bertz CT molecular complexity index is 682. The molecule has 1 aromatic heterocycles. The van der Waals surface area contributed by atoms with Crippen molar-refractivity contribution in [3.63, 3.8) is 0 Å². The molecule has 2 aromatic rings. The zero-order valence-corrected chi connectivity index (χ0v) is 17.3. The van der Waals surface area contributed by atoms with Gasteiger partial charge in [-0.3, -0.25) is 0 Å². The molecule has 6 nitrogen and oxygen atoms in total. The van der Waals surface area contributed by atoms with Gasteiger partial charge in [-0.1, -0.05) is 16.1 Å². The first-order valence-electron chi connectivity index (χ1n) is 7.46. The molecule has 1 aromatic carbocycles. The van der Waals surface area contributed by atoms with Gasteiger partial charge in [0.25, 0.3) is 0 Å². The number of hydrogen-bond acceptors (Lipinski definition) is 5. The molecular weight excluding hydrogens is 459 g/mol. The minimum atomic E-state index is 0. The van der Waals surface area contributed by atoms with Gasteiger partial charge >= 0.3 is 0 Å². The fourth-order valence-electron chi connectivity index (χ4n) is 2.49. The summed E-state index contributed by atoms with van der Waals surface area (Å²) in [6, 6.07) is 7.94. The van der Waals surface area contributed by atoms with E-state index in [0.29, 0.717) is 12.5 Å². The summed E-state index contributed by atoms with van der Waals surface area (Å²) in [6.07, 6.45) is 0. The Morgan fingerprint density at radius 2 is 1.92 bits per heavy atom. The summed E-state index contributed by atoms with van der Waals surface area (Å²) in [5, 5.41) is 4.75. The van der Waals surface area contributed by atoms with Crippen molar-refractivity contribution in [2.45, 2.75) is 13.5 Å². The summed E-state index contributed by atoms with van der Waals surface area (Å²) < 4.78 is 3.91. The fourth-order valence-corrected chi connectivity index (χ4v) is 3.18. The van der Waals surface area contributed by atoms with E-state index >= 15 is 0 Å². The Kier molecular flexibility index (Phi) is 7.05. The van der Waals surface area contributed by atoms with Crippen LogP contribution in [0.5, 0.6) is 0 Å². The Morgan fingerprint density at radius 3 is 2.50 bits per heavy atom. The highest BCUT2D eigenvalue weighted by Crippen LogP contribution is 2.19. The number of piperazine rings is 1. The molecule has 24 heavy (non-hydrogen) atoms. The second kappa shape index (κ2) is 8.82. The van der Waals surface area contributed by atoms with Crippen molar-refractivity contribution in [2.75, 3.05) is 31.1 Å². The van der Waals surface area contributed by atoms with Gasteiger partial charge in [0, 0.05) is 36.9 Å². The number of nitrogens with two attached hydrogens (primary N) is 1. The monoisotopic (exact) mass is 478 g/mol. The first-order valence-corrected chi connectivity index (χ1v) is 8.62. The number of aromatic nitrogens is 2. The van der Waals surface area contributed by atoms with Crippen LogP contribution < -0.4 is 10.6 Å². The minimum Gasteiger partial charge on any atom is -0.370 e. The Balaban J connectivity index is 0.00000208. The molecular formula is C15H20ClIN6S. The largest absolute Gasteiger partial charge is 0.370 e. The van der Waals surface area contributed by atoms with Crippen molar-refractivity contribution in [1.29, 1.82) is 0 Å². The average Bonchev–Trinajstić information content (AvgIpc) is 2.99. The molecule has 1 aliphatic heterocycles. The van der Waals surface area contributed by atoms with Gasteiger partial charge in [-0.25, -0.2) is 4.99 Å². The molecule has 3 rings (SSSR count). The molecule has 1 fully saturated rings. The van der Waals surface area contributed by atoms with Gasteiger partial charge in [0.1, 0.15) is 0 Å². The van der Waals surface area contributed by atoms with Crippen LogP contribution in [0.25, 0.3) is 0 Å². The number of aliphatic imine (C=N–C) groups is 1. The number of hydrogen-bond donors (Lipinski definition) is 1. The number of benzene rings is 1. The van der Waals surface area contributed by atoms with E-state index in [0.717, 1.165) is 41.8 Å². The molecule has 0 spiro atoms. The van der Waals surface area contributed by atoms with Gasteiger partial charge in [-0.2, -0.15) is 0 Å². The van der Waals surface area contributed by atoms with E-state index in [1.807, 2.05) is 19.1 Å². The predicted octanol–water partition coefficient (Wildman–Crippen LogP) is 2.75. The third-order valence-corrected chi connectivity index (χ3v) is 4.99. The van der Waals surface area contributed by atoms with Gasteiger partial charge < -0.3 is 15.5 Å². The third-order valence-electron chi connectivity index (χ3n) is 3.93. The molecule has 0 radical (unpaired) electrons. The van der Waals surface area contributed by atoms with Crippen molar-refractivity contribution in [3.05, 3.63) is 39.9 Å². The maximum Gasteiger partial charge on any atom is 0.191 e. The lowest BCUT2D eigenvalue weighted by Gasteiger charge is -2.36. The second-order valence-corrected chi connectivity index (χ2v) is 6.68. The van der Waals surface area contributed by atoms with Crippen LogP contribution in [0, 0.1) is 6.92 Å². The third kappa shape index (κ3) is 4.70. The van der Waals surface area contributed by atoms with Crippen molar-refractivity contribution >= 4 is 58.8 Å². The first-order chi connectivity index (χ1) is 11.1. The van der Waals surface area contributed by atoms with Gasteiger partial charge in [-0.15, -0.1) is 29.1 Å². The standard InChI is InChI=1S/C15H19ClN6S.HI/c1-11-14(23-20-19-11)10-18-15(17)22-8-6-21(7-9-22)13-4-2-12(16)3-5-13;/h2-5H,6-10H2,1H3,(H2,17,18);1H. The molecule has 0 bridgehead atoms. The van der Waals surface area contributed by atoms with Crippen molar-refractivity contribution < 1.29 is 0 Å². The molecule has 9 heteroatoms. The highest BCUT2D eigenvalue weighted by Gasteiger charge is 2.18. The first kappa shape index (κ1) is 19.2. The molecule has 0 aliphatic carbocycles. The van der Waals surface area contributed by atoms with Crippen LogP contribution >= 0.6 is 47.1 Å². The SMILES string of the molecule is Cc1nnsc1CN=C(N)N1CCN(c2ccc(Cl)cc2)CC1.I. The summed E-state index contributed by atoms with van der Waals surface area (Å²) in [7, 11) is 0. The van der Waals surface area contributed by atoms with Crippen LogP contribution in [0.4, 0.5) is 5.69 Å². The molecule has 1 saturated heterocycles. The van der Waals surface area contributed by atoms with Gasteiger partial charge in [0.2, 0.25) is 0 Å². The Hall–Kier alpha value is -1.13. The lowest BCUT2D eigenvalue weighted by atomic mass is 10.2. The topological polar surface area (TPSA) is 70.6 Å². The summed E-state index contributed by atoms with van der Waals surface area (Å²) >= 11 is 7.31. The molecule has 1 aliphatic rings. The number of nitrogens with zero attached hydrogens (tertiary/aromatic N) is 5.